The molecule has 2 aliphatic rings. The Labute approximate surface area is 245 Å². The molecule has 4 aromatic rings. The molecule has 0 radical (unpaired) electrons. The van der Waals surface area contributed by atoms with E-state index < -0.39 is 18.2 Å². The van der Waals surface area contributed by atoms with Gasteiger partial charge in [0.25, 0.3) is 6.43 Å². The summed E-state index contributed by atoms with van der Waals surface area (Å²) in [6.07, 6.45) is -1.24. The summed E-state index contributed by atoms with van der Waals surface area (Å²) in [4.78, 5) is 18.7. The maximum absolute atomic E-state index is 14.3. The quantitative estimate of drug-likeness (QED) is 0.224. The standard InChI is InChI=1S/C31H29ClF3N3O4/c1-17-23-13-28(42-16-20-2-4-21(32)12-25(20)33)24(30(34)35)10-18(23)6-8-37(17)15-29-36-26-5-3-19(31(39)40)11-27(26)38(29)14-22-7-9-41-22/h2-5,10-13,17,22,30H,6-9,14-16H2,1H3,(H,39,40)/t17-,22-/m0/s1. The molecule has 0 saturated carbocycles. The molecule has 3 heterocycles. The van der Waals surface area contributed by atoms with E-state index in [1.54, 1.807) is 24.3 Å². The number of benzene rings is 3. The summed E-state index contributed by atoms with van der Waals surface area (Å²) in [7, 11) is 0. The van der Waals surface area contributed by atoms with Crippen LogP contribution in [0.3, 0.4) is 0 Å². The lowest BCUT2D eigenvalue weighted by atomic mass is 9.91. The van der Waals surface area contributed by atoms with Crippen LogP contribution >= 0.6 is 11.6 Å². The van der Waals surface area contributed by atoms with Crippen LogP contribution in [0, 0.1) is 5.82 Å². The Kier molecular flexibility index (Phi) is 7.87. The summed E-state index contributed by atoms with van der Waals surface area (Å²) in [5.74, 6) is -0.781. The number of nitrogens with zero attached hydrogens (tertiary/aromatic N) is 3. The van der Waals surface area contributed by atoms with Crippen LogP contribution in [0.4, 0.5) is 13.2 Å². The van der Waals surface area contributed by atoms with E-state index in [2.05, 4.69) is 4.90 Å². The average molecular weight is 600 g/mol. The Morgan fingerprint density at radius 1 is 1.21 bits per heavy atom. The monoisotopic (exact) mass is 599 g/mol. The number of hydrogen-bond donors (Lipinski definition) is 1. The average Bonchev–Trinajstić information content (AvgIpc) is 3.27. The number of hydrogen-bond acceptors (Lipinski definition) is 5. The second-order valence-electron chi connectivity index (χ2n) is 10.7. The number of aromatic carboxylic acids is 1. The number of fused-ring (bicyclic) bond motifs is 2. The van der Waals surface area contributed by atoms with Gasteiger partial charge in [0.1, 0.15) is 24.0 Å². The normalized spacial score (nSPS) is 18.7. The Morgan fingerprint density at radius 3 is 2.71 bits per heavy atom. The van der Waals surface area contributed by atoms with Crippen molar-refractivity contribution < 1.29 is 32.5 Å². The zero-order chi connectivity index (χ0) is 29.5. The largest absolute Gasteiger partial charge is 0.488 e. The number of halogens is 4. The van der Waals surface area contributed by atoms with Crippen LogP contribution in [0.5, 0.6) is 5.75 Å². The summed E-state index contributed by atoms with van der Waals surface area (Å²) >= 11 is 5.83. The molecule has 0 spiro atoms. The van der Waals surface area contributed by atoms with Gasteiger partial charge in [0, 0.05) is 29.8 Å². The van der Waals surface area contributed by atoms with Crippen molar-refractivity contribution in [2.45, 2.75) is 58.0 Å². The first-order valence-electron chi connectivity index (χ1n) is 13.8. The van der Waals surface area contributed by atoms with Crippen molar-refractivity contribution in [3.05, 3.63) is 93.0 Å². The lowest BCUT2D eigenvalue weighted by Gasteiger charge is -2.36. The van der Waals surface area contributed by atoms with Gasteiger partial charge in [-0.15, -0.1) is 0 Å². The number of carboxylic acids is 1. The Balaban J connectivity index is 1.29. The van der Waals surface area contributed by atoms with Crippen molar-refractivity contribution in [2.24, 2.45) is 0 Å². The molecule has 3 aromatic carbocycles. The molecule has 11 heteroatoms. The van der Waals surface area contributed by atoms with E-state index in [0.717, 1.165) is 35.0 Å². The third-order valence-electron chi connectivity index (χ3n) is 8.17. The topological polar surface area (TPSA) is 76.8 Å². The molecule has 0 amide bonds. The van der Waals surface area contributed by atoms with Crippen molar-refractivity contribution in [1.29, 1.82) is 0 Å². The Bertz CT molecular complexity index is 1660. The fourth-order valence-corrected chi connectivity index (χ4v) is 5.83. The molecule has 1 saturated heterocycles. The van der Waals surface area contributed by atoms with E-state index in [9.17, 15) is 23.1 Å². The fourth-order valence-electron chi connectivity index (χ4n) is 5.67. The zero-order valence-corrected chi connectivity index (χ0v) is 23.6. The highest BCUT2D eigenvalue weighted by molar-refractivity contribution is 6.30. The number of carboxylic acid groups (broad SMARTS) is 1. The minimum atomic E-state index is -2.75. The zero-order valence-electron chi connectivity index (χ0n) is 22.8. The van der Waals surface area contributed by atoms with Gasteiger partial charge in [0.05, 0.1) is 41.4 Å². The second kappa shape index (κ2) is 11.6. The molecule has 220 valence electrons. The highest BCUT2D eigenvalue weighted by Crippen LogP contribution is 2.39. The van der Waals surface area contributed by atoms with Crippen LogP contribution in [-0.2, 0) is 30.9 Å². The molecule has 6 rings (SSSR count). The van der Waals surface area contributed by atoms with E-state index in [1.165, 1.54) is 18.2 Å². The minimum Gasteiger partial charge on any atom is -0.488 e. The predicted octanol–water partition coefficient (Wildman–Crippen LogP) is 6.95. The molecule has 1 N–H and O–H groups in total. The maximum atomic E-state index is 14.3. The summed E-state index contributed by atoms with van der Waals surface area (Å²) in [5.41, 5.74) is 3.29. The first-order chi connectivity index (χ1) is 20.2. The van der Waals surface area contributed by atoms with Gasteiger partial charge in [-0.05, 0) is 73.4 Å². The van der Waals surface area contributed by atoms with Gasteiger partial charge in [-0.1, -0.05) is 17.7 Å². The molecule has 1 aromatic heterocycles. The Hall–Kier alpha value is -3.60. The lowest BCUT2D eigenvalue weighted by molar-refractivity contribution is -0.0592. The highest BCUT2D eigenvalue weighted by Gasteiger charge is 2.30. The van der Waals surface area contributed by atoms with Crippen LogP contribution in [0.25, 0.3) is 11.0 Å². The molecule has 2 aliphatic heterocycles. The highest BCUT2D eigenvalue weighted by atomic mass is 35.5. The van der Waals surface area contributed by atoms with Crippen molar-refractivity contribution in [1.82, 2.24) is 14.5 Å². The van der Waals surface area contributed by atoms with E-state index in [-0.39, 0.29) is 46.2 Å². The maximum Gasteiger partial charge on any atom is 0.335 e. The predicted molar refractivity (Wildman–Crippen MR) is 151 cm³/mol. The van der Waals surface area contributed by atoms with Gasteiger partial charge in [-0.3, -0.25) is 4.90 Å². The smallest absolute Gasteiger partial charge is 0.335 e. The summed E-state index contributed by atoms with van der Waals surface area (Å²) in [6.45, 7) is 4.13. The van der Waals surface area contributed by atoms with Gasteiger partial charge in [0.15, 0.2) is 0 Å². The number of ether oxygens (including phenoxy) is 2. The van der Waals surface area contributed by atoms with Crippen LogP contribution < -0.4 is 4.74 Å². The molecule has 0 unspecified atom stereocenters. The van der Waals surface area contributed by atoms with Crippen molar-refractivity contribution in [2.75, 3.05) is 13.2 Å². The number of aromatic nitrogens is 2. The minimum absolute atomic E-state index is 0.0161. The van der Waals surface area contributed by atoms with Crippen LogP contribution in [0.2, 0.25) is 5.02 Å². The van der Waals surface area contributed by atoms with Gasteiger partial charge in [0.2, 0.25) is 0 Å². The van der Waals surface area contributed by atoms with Crippen LogP contribution in [-0.4, -0.2) is 44.8 Å². The molecular weight excluding hydrogens is 571 g/mol. The van der Waals surface area contributed by atoms with Crippen molar-refractivity contribution in [3.63, 3.8) is 0 Å². The first-order valence-corrected chi connectivity index (χ1v) is 14.2. The van der Waals surface area contributed by atoms with E-state index in [1.807, 2.05) is 11.5 Å². The molecule has 1 fully saturated rings. The molecule has 2 atom stereocenters. The van der Waals surface area contributed by atoms with E-state index >= 15 is 0 Å². The van der Waals surface area contributed by atoms with Crippen LogP contribution in [0.1, 0.15) is 64.2 Å². The third-order valence-corrected chi connectivity index (χ3v) is 8.40. The number of alkyl halides is 2. The molecule has 0 bridgehead atoms. The Morgan fingerprint density at radius 2 is 2.02 bits per heavy atom. The number of carbonyl (C=O) groups is 1. The lowest BCUT2D eigenvalue weighted by Crippen LogP contribution is -2.36. The fraction of sp³-hybridized carbons (Fsp3) is 0.355. The summed E-state index contributed by atoms with van der Waals surface area (Å²) in [5, 5.41) is 9.77. The van der Waals surface area contributed by atoms with Crippen molar-refractivity contribution in [3.8, 4) is 5.75 Å². The SMILES string of the molecule is C[C@H]1c2cc(OCc3ccc(Cl)cc3F)c(C(F)F)cc2CCN1Cc1nc2ccc(C(=O)O)cc2n1C[C@@H]1CCO1. The molecular formula is C31H29ClF3N3O4. The van der Waals surface area contributed by atoms with Gasteiger partial charge >= 0.3 is 5.97 Å². The summed E-state index contributed by atoms with van der Waals surface area (Å²) < 4.78 is 55.9. The molecule has 0 aliphatic carbocycles. The number of imidazole rings is 1. The van der Waals surface area contributed by atoms with E-state index in [4.69, 9.17) is 26.1 Å². The van der Waals surface area contributed by atoms with E-state index in [0.29, 0.717) is 38.2 Å². The van der Waals surface area contributed by atoms with Crippen molar-refractivity contribution >= 4 is 28.6 Å². The van der Waals surface area contributed by atoms with Gasteiger partial charge in [-0.2, -0.15) is 0 Å². The first kappa shape index (κ1) is 28.5. The molecule has 42 heavy (non-hydrogen) atoms. The van der Waals surface area contributed by atoms with Gasteiger partial charge < -0.3 is 19.1 Å². The second-order valence-corrected chi connectivity index (χ2v) is 11.2. The van der Waals surface area contributed by atoms with Gasteiger partial charge in [-0.25, -0.2) is 22.9 Å². The third kappa shape index (κ3) is 5.58. The summed E-state index contributed by atoms with van der Waals surface area (Å²) in [6, 6.07) is 12.0. The van der Waals surface area contributed by atoms with Crippen LogP contribution in [0.15, 0.2) is 48.5 Å². The number of rotatable bonds is 9. The molecule has 7 nitrogen and oxygen atoms in total.